The van der Waals surface area contributed by atoms with Gasteiger partial charge in [-0.2, -0.15) is 5.06 Å². The van der Waals surface area contributed by atoms with E-state index >= 15 is 0 Å². The highest BCUT2D eigenvalue weighted by Gasteiger charge is 2.57. The number of rotatable bonds is 6. The summed E-state index contributed by atoms with van der Waals surface area (Å²) in [7, 11) is 1.71. The van der Waals surface area contributed by atoms with Gasteiger partial charge in [0.2, 0.25) is 0 Å². The molecule has 0 amide bonds. The third-order valence-corrected chi connectivity index (χ3v) is 5.80. The molecule has 0 saturated heterocycles. The van der Waals surface area contributed by atoms with Crippen LogP contribution in [-0.2, 0) is 9.53 Å². The predicted octanol–water partition coefficient (Wildman–Crippen LogP) is 2.67. The molecule has 124 valence electrons. The van der Waals surface area contributed by atoms with Crippen LogP contribution in [0, 0.1) is 17.3 Å². The highest BCUT2D eigenvalue weighted by molar-refractivity contribution is 5.83. The van der Waals surface area contributed by atoms with Crippen LogP contribution in [0.3, 0.4) is 0 Å². The molecule has 22 heavy (non-hydrogen) atoms. The predicted molar refractivity (Wildman–Crippen MR) is 84.0 cm³/mol. The first-order valence-electron chi connectivity index (χ1n) is 8.67. The van der Waals surface area contributed by atoms with Crippen molar-refractivity contribution in [3.8, 4) is 0 Å². The molecular formula is C17H28N2O3. The Bertz CT molecular complexity index is 445. The normalized spacial score (nSPS) is 36.3. The van der Waals surface area contributed by atoms with E-state index in [0.717, 1.165) is 50.8 Å². The molecule has 0 aromatic heterocycles. The van der Waals surface area contributed by atoms with E-state index in [2.05, 4.69) is 11.9 Å². The van der Waals surface area contributed by atoms with Gasteiger partial charge >= 0.3 is 0 Å². The van der Waals surface area contributed by atoms with Crippen LogP contribution in [0.4, 0.5) is 0 Å². The summed E-state index contributed by atoms with van der Waals surface area (Å²) < 4.78 is 6.07. The van der Waals surface area contributed by atoms with Gasteiger partial charge in [0.1, 0.15) is 12.4 Å². The van der Waals surface area contributed by atoms with Gasteiger partial charge < -0.3 is 14.7 Å². The first kappa shape index (κ1) is 15.9. The second-order valence-electron chi connectivity index (χ2n) is 7.36. The molecule has 0 aromatic rings. The number of unbranched alkanes of at least 4 members (excludes halogenated alkanes) is 1. The van der Waals surface area contributed by atoms with Crippen molar-refractivity contribution in [3.05, 3.63) is 0 Å². The molecule has 1 aliphatic heterocycles. The monoisotopic (exact) mass is 308 g/mol. The smallest absolute Gasteiger partial charge is 0.187 e. The minimum absolute atomic E-state index is 0.0884. The van der Waals surface area contributed by atoms with Crippen LogP contribution >= 0.6 is 0 Å². The number of carbonyl (C=O) groups excluding carboxylic acids is 1. The van der Waals surface area contributed by atoms with Gasteiger partial charge in [-0.1, -0.05) is 13.3 Å². The van der Waals surface area contributed by atoms with E-state index in [9.17, 15) is 10.0 Å². The fourth-order valence-electron chi connectivity index (χ4n) is 4.29. The summed E-state index contributed by atoms with van der Waals surface area (Å²) in [6.07, 6.45) is 8.54. The molecule has 1 N–H and O–H groups in total. The van der Waals surface area contributed by atoms with Gasteiger partial charge in [0.15, 0.2) is 5.90 Å². The fourth-order valence-corrected chi connectivity index (χ4v) is 4.29. The van der Waals surface area contributed by atoms with Crippen molar-refractivity contribution in [1.82, 2.24) is 5.06 Å². The highest BCUT2D eigenvalue weighted by atomic mass is 16.5. The van der Waals surface area contributed by atoms with Crippen molar-refractivity contribution in [2.75, 3.05) is 13.6 Å². The number of nitrogens with zero attached hydrogens (tertiary/aromatic N) is 2. The molecule has 1 spiro atoms. The Labute approximate surface area is 132 Å². The number of aliphatic imine (C=N–C) groups is 1. The highest BCUT2D eigenvalue weighted by Crippen LogP contribution is 2.60. The van der Waals surface area contributed by atoms with Crippen LogP contribution in [0.15, 0.2) is 4.99 Å². The van der Waals surface area contributed by atoms with Crippen LogP contribution in [0.25, 0.3) is 0 Å². The topological polar surface area (TPSA) is 62.1 Å². The average molecular weight is 308 g/mol. The van der Waals surface area contributed by atoms with Crippen molar-refractivity contribution in [3.63, 3.8) is 0 Å². The zero-order valence-electron chi connectivity index (χ0n) is 13.7. The van der Waals surface area contributed by atoms with Crippen molar-refractivity contribution < 1.29 is 14.7 Å². The minimum Gasteiger partial charge on any atom is -0.475 e. The van der Waals surface area contributed by atoms with Crippen molar-refractivity contribution in [1.29, 1.82) is 0 Å². The van der Waals surface area contributed by atoms with E-state index in [1.165, 1.54) is 11.5 Å². The maximum atomic E-state index is 11.6. The van der Waals surface area contributed by atoms with Crippen LogP contribution in [0.5, 0.6) is 0 Å². The SMILES string of the molecule is CCCCC1CN=C([C@@H]2CC3(CC3)[C@@H](N(C)O)CC2C=O)O1. The van der Waals surface area contributed by atoms with Crippen molar-refractivity contribution in [2.24, 2.45) is 22.2 Å². The summed E-state index contributed by atoms with van der Waals surface area (Å²) in [5, 5.41) is 11.2. The van der Waals surface area contributed by atoms with E-state index in [1.807, 2.05) is 0 Å². The standard InChI is InChI=1S/C17H28N2O3/c1-3-4-5-13-10-18-16(22-13)14-9-17(6-7-17)15(19(2)21)8-12(14)11-20/h11-15,21H,3-10H2,1-2H3/t12?,13?,14-,15+/m1/s1. The first-order valence-corrected chi connectivity index (χ1v) is 8.67. The van der Waals surface area contributed by atoms with Crippen LogP contribution in [0.2, 0.25) is 0 Å². The third kappa shape index (κ3) is 2.93. The number of carbonyl (C=O) groups is 1. The summed E-state index contributed by atoms with van der Waals surface area (Å²) in [5.41, 5.74) is 0.168. The van der Waals surface area contributed by atoms with E-state index in [0.29, 0.717) is 6.42 Å². The Hall–Kier alpha value is -0.940. The molecule has 3 aliphatic rings. The van der Waals surface area contributed by atoms with Gasteiger partial charge in [-0.3, -0.25) is 4.99 Å². The van der Waals surface area contributed by atoms with Gasteiger partial charge in [-0.05, 0) is 43.9 Å². The van der Waals surface area contributed by atoms with E-state index in [-0.39, 0.29) is 29.4 Å². The molecule has 2 aliphatic carbocycles. The van der Waals surface area contributed by atoms with Crippen molar-refractivity contribution in [2.45, 2.75) is 64.0 Å². The summed E-state index contributed by atoms with van der Waals surface area (Å²) in [6, 6.07) is 0.0943. The molecule has 0 aromatic carbocycles. The van der Waals surface area contributed by atoms with Gasteiger partial charge in [-0.25, -0.2) is 0 Å². The Morgan fingerprint density at radius 3 is 2.86 bits per heavy atom. The molecular weight excluding hydrogens is 280 g/mol. The van der Waals surface area contributed by atoms with Gasteiger partial charge in [0.05, 0.1) is 6.54 Å². The number of aldehydes is 1. The molecule has 1 heterocycles. The first-order chi connectivity index (χ1) is 10.6. The molecule has 3 rings (SSSR count). The minimum atomic E-state index is -0.0884. The lowest BCUT2D eigenvalue weighted by Gasteiger charge is -2.41. The lowest BCUT2D eigenvalue weighted by molar-refractivity contribution is -0.146. The second kappa shape index (κ2) is 6.28. The van der Waals surface area contributed by atoms with Gasteiger partial charge in [-0.15, -0.1) is 0 Å². The van der Waals surface area contributed by atoms with Gasteiger partial charge in [0.25, 0.3) is 0 Å². The number of hydrogen-bond acceptors (Lipinski definition) is 5. The second-order valence-corrected chi connectivity index (χ2v) is 7.36. The van der Waals surface area contributed by atoms with Gasteiger partial charge in [0, 0.05) is 24.9 Å². The van der Waals surface area contributed by atoms with E-state index in [4.69, 9.17) is 4.74 Å². The number of hydrogen-bond donors (Lipinski definition) is 1. The maximum Gasteiger partial charge on any atom is 0.187 e. The molecule has 0 radical (unpaired) electrons. The molecule has 5 heteroatoms. The van der Waals surface area contributed by atoms with E-state index in [1.54, 1.807) is 7.05 Å². The lowest BCUT2D eigenvalue weighted by atomic mass is 9.69. The third-order valence-electron chi connectivity index (χ3n) is 5.80. The molecule has 2 saturated carbocycles. The lowest BCUT2D eigenvalue weighted by Crippen LogP contribution is -2.47. The summed E-state index contributed by atoms with van der Waals surface area (Å²) in [5.74, 6) is 0.834. The zero-order chi connectivity index (χ0) is 15.7. The Balaban J connectivity index is 1.67. The molecule has 5 nitrogen and oxygen atoms in total. The quantitative estimate of drug-likeness (QED) is 0.605. The average Bonchev–Trinajstić information content (AvgIpc) is 3.11. The van der Waals surface area contributed by atoms with Crippen LogP contribution in [-0.4, -0.2) is 48.2 Å². The van der Waals surface area contributed by atoms with Crippen LogP contribution in [0.1, 0.15) is 51.9 Å². The molecule has 0 bridgehead atoms. The maximum absolute atomic E-state index is 11.6. The molecule has 4 atom stereocenters. The Morgan fingerprint density at radius 2 is 2.27 bits per heavy atom. The Kier molecular flexibility index (Phi) is 4.55. The zero-order valence-corrected chi connectivity index (χ0v) is 13.7. The van der Waals surface area contributed by atoms with E-state index < -0.39 is 0 Å². The largest absolute Gasteiger partial charge is 0.475 e. The summed E-state index contributed by atoms with van der Waals surface area (Å²) in [4.78, 5) is 16.2. The van der Waals surface area contributed by atoms with Crippen LogP contribution < -0.4 is 0 Å². The van der Waals surface area contributed by atoms with Crippen molar-refractivity contribution >= 4 is 12.2 Å². The number of ether oxygens (including phenoxy) is 1. The molecule has 2 fully saturated rings. The summed E-state index contributed by atoms with van der Waals surface area (Å²) >= 11 is 0. The number of hydroxylamine groups is 2. The summed E-state index contributed by atoms with van der Waals surface area (Å²) in [6.45, 7) is 2.93. The Morgan fingerprint density at radius 1 is 1.50 bits per heavy atom. The fraction of sp³-hybridized carbons (Fsp3) is 0.882. The molecule has 2 unspecified atom stereocenters.